The number of hydrogen-bond donors (Lipinski definition) is 0. The van der Waals surface area contributed by atoms with Gasteiger partial charge in [0.2, 0.25) is 10.0 Å². The van der Waals surface area contributed by atoms with Gasteiger partial charge in [0, 0.05) is 6.54 Å². The average Bonchev–Trinajstić information content (AvgIpc) is 2.47. The molecule has 0 fully saturated rings. The van der Waals surface area contributed by atoms with Gasteiger partial charge in [0.05, 0.1) is 13.7 Å². The first-order valence-corrected chi connectivity index (χ1v) is 8.24. The summed E-state index contributed by atoms with van der Waals surface area (Å²) in [6.45, 7) is 1.29. The van der Waals surface area contributed by atoms with E-state index in [1.807, 2.05) is 0 Å². The van der Waals surface area contributed by atoms with Crippen molar-refractivity contribution in [2.45, 2.75) is 13.5 Å². The second-order valence-corrected chi connectivity index (χ2v) is 6.36. The summed E-state index contributed by atoms with van der Waals surface area (Å²) >= 11 is 0. The molecular weight excluding hydrogens is 310 g/mol. The molecule has 1 aromatic rings. The largest absolute Gasteiger partial charge is 0.468 e. The molecule has 0 aliphatic carbocycles. The summed E-state index contributed by atoms with van der Waals surface area (Å²) in [6, 6.07) is 8.76. The van der Waals surface area contributed by atoms with Crippen LogP contribution in [0.4, 0.5) is 0 Å². The molecule has 0 bridgehead atoms. The number of carbonyl (C=O) groups excluding carboxylic acids is 2. The minimum atomic E-state index is -3.99. The van der Waals surface area contributed by atoms with Gasteiger partial charge in [0.25, 0.3) is 0 Å². The molecule has 8 heteroatoms. The van der Waals surface area contributed by atoms with Gasteiger partial charge in [-0.25, -0.2) is 8.42 Å². The Morgan fingerprint density at radius 3 is 2.32 bits per heavy atom. The van der Waals surface area contributed by atoms with Crippen LogP contribution in [0.15, 0.2) is 30.3 Å². The molecule has 0 atom stereocenters. The highest BCUT2D eigenvalue weighted by Gasteiger charge is 2.28. The van der Waals surface area contributed by atoms with Gasteiger partial charge in [-0.3, -0.25) is 9.59 Å². The van der Waals surface area contributed by atoms with E-state index in [1.54, 1.807) is 37.3 Å². The topological polar surface area (TPSA) is 90.0 Å². The van der Waals surface area contributed by atoms with E-state index in [4.69, 9.17) is 4.74 Å². The highest BCUT2D eigenvalue weighted by atomic mass is 32.2. The van der Waals surface area contributed by atoms with Crippen LogP contribution in [0.5, 0.6) is 0 Å². The van der Waals surface area contributed by atoms with Crippen molar-refractivity contribution in [1.29, 1.82) is 0 Å². The van der Waals surface area contributed by atoms with Crippen LogP contribution in [-0.4, -0.2) is 50.7 Å². The van der Waals surface area contributed by atoms with Crippen molar-refractivity contribution < 1.29 is 27.5 Å². The maximum Gasteiger partial charge on any atom is 0.322 e. The van der Waals surface area contributed by atoms with Gasteiger partial charge in [0.15, 0.2) is 5.75 Å². The summed E-state index contributed by atoms with van der Waals surface area (Å²) in [5.74, 6) is -2.38. The maximum atomic E-state index is 12.3. The lowest BCUT2D eigenvalue weighted by Gasteiger charge is -2.20. The van der Waals surface area contributed by atoms with Crippen LogP contribution >= 0.6 is 0 Å². The molecule has 0 amide bonds. The molecule has 22 heavy (non-hydrogen) atoms. The average molecular weight is 329 g/mol. The molecule has 0 spiro atoms. The quantitative estimate of drug-likeness (QED) is 0.647. The molecule has 0 aliphatic heterocycles. The number of benzene rings is 1. The fourth-order valence-corrected chi connectivity index (χ4v) is 2.94. The molecule has 0 N–H and O–H groups in total. The minimum Gasteiger partial charge on any atom is -0.468 e. The third kappa shape index (κ3) is 5.82. The van der Waals surface area contributed by atoms with Crippen molar-refractivity contribution in [2.24, 2.45) is 0 Å². The first-order chi connectivity index (χ1) is 10.4. The lowest BCUT2D eigenvalue weighted by Crippen LogP contribution is -2.39. The Hall–Kier alpha value is -1.93. The first kappa shape index (κ1) is 18.1. The van der Waals surface area contributed by atoms with Crippen LogP contribution in [0.1, 0.15) is 12.5 Å². The Morgan fingerprint density at radius 2 is 1.77 bits per heavy atom. The number of ether oxygens (including phenoxy) is 2. The Bertz CT molecular complexity index is 599. The third-order valence-corrected chi connectivity index (χ3v) is 4.38. The molecular formula is C14H19NO6S. The fraction of sp³-hybridized carbons (Fsp3) is 0.429. The van der Waals surface area contributed by atoms with Gasteiger partial charge in [-0.2, -0.15) is 4.31 Å². The number of methoxy groups -OCH3 is 1. The zero-order chi connectivity index (χ0) is 16.6. The van der Waals surface area contributed by atoms with Crippen LogP contribution in [-0.2, 0) is 35.6 Å². The second kappa shape index (κ2) is 8.50. The molecule has 7 nitrogen and oxygen atoms in total. The predicted molar refractivity (Wildman–Crippen MR) is 79.3 cm³/mol. The number of nitrogens with zero attached hydrogens (tertiary/aromatic N) is 1. The van der Waals surface area contributed by atoms with Gasteiger partial charge < -0.3 is 9.47 Å². The smallest absolute Gasteiger partial charge is 0.322 e. The fourth-order valence-electron chi connectivity index (χ4n) is 1.69. The minimum absolute atomic E-state index is 0.0288. The summed E-state index contributed by atoms with van der Waals surface area (Å²) in [4.78, 5) is 22.9. The zero-order valence-electron chi connectivity index (χ0n) is 12.5. The Morgan fingerprint density at radius 1 is 1.14 bits per heavy atom. The first-order valence-electron chi connectivity index (χ1n) is 6.63. The van der Waals surface area contributed by atoms with E-state index in [1.165, 1.54) is 0 Å². The van der Waals surface area contributed by atoms with Crippen molar-refractivity contribution in [3.63, 3.8) is 0 Å². The van der Waals surface area contributed by atoms with Crippen LogP contribution in [0.2, 0.25) is 0 Å². The highest BCUT2D eigenvalue weighted by molar-refractivity contribution is 7.89. The van der Waals surface area contributed by atoms with E-state index in [-0.39, 0.29) is 13.2 Å². The lowest BCUT2D eigenvalue weighted by atomic mass is 10.2. The molecule has 122 valence electrons. The molecule has 0 saturated carbocycles. The SMILES string of the molecule is CCOC(=O)CN(Cc1ccccc1)S(=O)(=O)CC(=O)OC. The highest BCUT2D eigenvalue weighted by Crippen LogP contribution is 2.10. The van der Waals surface area contributed by atoms with Crippen LogP contribution in [0.3, 0.4) is 0 Å². The van der Waals surface area contributed by atoms with Gasteiger partial charge in [-0.05, 0) is 12.5 Å². The van der Waals surface area contributed by atoms with E-state index in [0.29, 0.717) is 5.56 Å². The Balaban J connectivity index is 2.94. The summed E-state index contributed by atoms with van der Waals surface area (Å²) < 4.78 is 34.6. The molecule has 0 heterocycles. The van der Waals surface area contributed by atoms with E-state index in [2.05, 4.69) is 4.74 Å². The molecule has 0 unspecified atom stereocenters. The Kier molecular flexibility index (Phi) is 7.00. The van der Waals surface area contributed by atoms with Gasteiger partial charge in [-0.1, -0.05) is 30.3 Å². The van der Waals surface area contributed by atoms with E-state index >= 15 is 0 Å². The molecule has 0 aliphatic rings. The van der Waals surface area contributed by atoms with Crippen molar-refractivity contribution in [2.75, 3.05) is 26.0 Å². The summed E-state index contributed by atoms with van der Waals surface area (Å²) in [7, 11) is -2.89. The van der Waals surface area contributed by atoms with Crippen LogP contribution in [0, 0.1) is 0 Å². The molecule has 0 aromatic heterocycles. The van der Waals surface area contributed by atoms with E-state index in [9.17, 15) is 18.0 Å². The monoisotopic (exact) mass is 329 g/mol. The van der Waals surface area contributed by atoms with Crippen LogP contribution in [0.25, 0.3) is 0 Å². The van der Waals surface area contributed by atoms with Crippen molar-refractivity contribution in [1.82, 2.24) is 4.31 Å². The standard InChI is InChI=1S/C14H19NO6S/c1-3-21-13(16)10-15(9-12-7-5-4-6-8-12)22(18,19)11-14(17)20-2/h4-8H,3,9-11H2,1-2H3. The number of hydrogen-bond acceptors (Lipinski definition) is 6. The zero-order valence-corrected chi connectivity index (χ0v) is 13.3. The number of carbonyl (C=O) groups is 2. The molecule has 0 radical (unpaired) electrons. The number of esters is 2. The summed E-state index contributed by atoms with van der Waals surface area (Å²) in [5, 5.41) is 0. The van der Waals surface area contributed by atoms with Gasteiger partial charge in [0.1, 0.15) is 6.54 Å². The summed E-state index contributed by atoms with van der Waals surface area (Å²) in [6.07, 6.45) is 0. The molecule has 0 saturated heterocycles. The van der Waals surface area contributed by atoms with Crippen LogP contribution < -0.4 is 0 Å². The van der Waals surface area contributed by atoms with Crippen molar-refractivity contribution >= 4 is 22.0 Å². The number of sulfonamides is 1. The second-order valence-electron chi connectivity index (χ2n) is 4.39. The predicted octanol–water partition coefficient (Wildman–Crippen LogP) is 0.554. The van der Waals surface area contributed by atoms with Gasteiger partial charge >= 0.3 is 11.9 Å². The van der Waals surface area contributed by atoms with Crippen molar-refractivity contribution in [3.05, 3.63) is 35.9 Å². The molecule has 1 aromatic carbocycles. The maximum absolute atomic E-state index is 12.3. The van der Waals surface area contributed by atoms with E-state index in [0.717, 1.165) is 11.4 Å². The van der Waals surface area contributed by atoms with Gasteiger partial charge in [-0.15, -0.1) is 0 Å². The Labute approximate surface area is 129 Å². The molecule has 1 rings (SSSR count). The lowest BCUT2D eigenvalue weighted by molar-refractivity contribution is -0.143. The number of rotatable bonds is 8. The van der Waals surface area contributed by atoms with Crippen molar-refractivity contribution in [3.8, 4) is 0 Å². The normalized spacial score (nSPS) is 11.2. The third-order valence-electron chi connectivity index (χ3n) is 2.73. The summed E-state index contributed by atoms with van der Waals surface area (Å²) in [5.41, 5.74) is 0.695. The van der Waals surface area contributed by atoms with E-state index < -0.39 is 34.3 Å².